The number of aromatic nitrogens is 2. The summed E-state index contributed by atoms with van der Waals surface area (Å²) in [4.78, 5) is 6.95. The Morgan fingerprint density at radius 3 is 2.46 bits per heavy atom. The lowest BCUT2D eigenvalue weighted by atomic mass is 10.2. The van der Waals surface area contributed by atoms with Crippen molar-refractivity contribution in [1.82, 2.24) is 15.0 Å². The van der Waals surface area contributed by atoms with Crippen LogP contribution in [0, 0.1) is 0 Å². The lowest BCUT2D eigenvalue weighted by Gasteiger charge is -2.19. The predicted octanol–water partition coefficient (Wildman–Crippen LogP) is 4.55. The van der Waals surface area contributed by atoms with E-state index in [9.17, 15) is 0 Å². The molecule has 0 atom stereocenters. The second-order valence-corrected chi connectivity index (χ2v) is 6.58. The molecule has 0 unspecified atom stereocenters. The van der Waals surface area contributed by atoms with Crippen molar-refractivity contribution in [2.45, 2.75) is 32.0 Å². The summed E-state index contributed by atoms with van der Waals surface area (Å²) in [6.07, 6.45) is 2.48. The maximum absolute atomic E-state index is 5.92. The molecule has 0 bridgehead atoms. The van der Waals surface area contributed by atoms with Crippen LogP contribution in [0.4, 0.5) is 0 Å². The van der Waals surface area contributed by atoms with Crippen molar-refractivity contribution in [3.63, 3.8) is 0 Å². The Morgan fingerprint density at radius 1 is 1.00 bits per heavy atom. The van der Waals surface area contributed by atoms with Crippen molar-refractivity contribution in [3.05, 3.63) is 71.1 Å². The van der Waals surface area contributed by atoms with Crippen molar-refractivity contribution >= 4 is 11.6 Å². The summed E-state index contributed by atoms with van der Waals surface area (Å²) >= 11 is 5.92. The van der Waals surface area contributed by atoms with Gasteiger partial charge >= 0.3 is 0 Å². The van der Waals surface area contributed by atoms with Gasteiger partial charge in [0.15, 0.2) is 0 Å². The first-order valence-electron chi connectivity index (χ1n) is 8.14. The Bertz CT molecular complexity index is 797. The van der Waals surface area contributed by atoms with Crippen LogP contribution in [0.2, 0.25) is 5.02 Å². The lowest BCUT2D eigenvalue weighted by molar-refractivity contribution is 0.209. The van der Waals surface area contributed by atoms with Crippen molar-refractivity contribution in [3.8, 4) is 11.4 Å². The molecule has 24 heavy (non-hydrogen) atoms. The van der Waals surface area contributed by atoms with Gasteiger partial charge < -0.3 is 4.52 Å². The molecule has 0 spiro atoms. The molecule has 1 aliphatic carbocycles. The van der Waals surface area contributed by atoms with E-state index in [-0.39, 0.29) is 0 Å². The Morgan fingerprint density at radius 2 is 1.75 bits per heavy atom. The van der Waals surface area contributed by atoms with Gasteiger partial charge in [-0.2, -0.15) is 4.98 Å². The molecular formula is C19H18ClN3O. The van der Waals surface area contributed by atoms with Gasteiger partial charge in [0, 0.05) is 23.2 Å². The van der Waals surface area contributed by atoms with Crippen LogP contribution < -0.4 is 0 Å². The summed E-state index contributed by atoms with van der Waals surface area (Å²) in [5.74, 6) is 1.26. The van der Waals surface area contributed by atoms with Gasteiger partial charge in [-0.25, -0.2) is 0 Å². The number of hydrogen-bond donors (Lipinski definition) is 0. The minimum Gasteiger partial charge on any atom is -0.338 e. The van der Waals surface area contributed by atoms with E-state index >= 15 is 0 Å². The molecular weight excluding hydrogens is 322 g/mol. The fourth-order valence-electron chi connectivity index (χ4n) is 2.78. The van der Waals surface area contributed by atoms with E-state index < -0.39 is 0 Å². The van der Waals surface area contributed by atoms with Crippen LogP contribution >= 0.6 is 11.6 Å². The standard InChI is InChI=1S/C19H18ClN3O/c20-16-8-6-15(7-9-16)19-21-18(24-22-19)13-23(17-10-11-17)12-14-4-2-1-3-5-14/h1-9,17H,10-13H2. The summed E-state index contributed by atoms with van der Waals surface area (Å²) in [5.41, 5.74) is 2.22. The van der Waals surface area contributed by atoms with E-state index in [1.165, 1.54) is 18.4 Å². The molecule has 1 aliphatic rings. The van der Waals surface area contributed by atoms with Gasteiger partial charge in [-0.15, -0.1) is 0 Å². The van der Waals surface area contributed by atoms with Crippen LogP contribution in [0.25, 0.3) is 11.4 Å². The van der Waals surface area contributed by atoms with Crippen LogP contribution in [0.3, 0.4) is 0 Å². The number of benzene rings is 2. The van der Waals surface area contributed by atoms with Gasteiger partial charge in [0.1, 0.15) is 0 Å². The van der Waals surface area contributed by atoms with E-state index in [4.69, 9.17) is 16.1 Å². The zero-order valence-corrected chi connectivity index (χ0v) is 14.0. The smallest absolute Gasteiger partial charge is 0.241 e. The van der Waals surface area contributed by atoms with Crippen LogP contribution in [-0.2, 0) is 13.1 Å². The van der Waals surface area contributed by atoms with E-state index in [0.29, 0.717) is 29.3 Å². The molecule has 1 aromatic heterocycles. The van der Waals surface area contributed by atoms with Crippen molar-refractivity contribution in [2.24, 2.45) is 0 Å². The molecule has 122 valence electrons. The summed E-state index contributed by atoms with van der Waals surface area (Å²) < 4.78 is 5.46. The quantitative estimate of drug-likeness (QED) is 0.660. The maximum Gasteiger partial charge on any atom is 0.241 e. The van der Waals surface area contributed by atoms with E-state index in [1.54, 1.807) is 0 Å². The summed E-state index contributed by atoms with van der Waals surface area (Å²) in [7, 11) is 0. The highest BCUT2D eigenvalue weighted by Crippen LogP contribution is 2.30. The zero-order valence-electron chi connectivity index (χ0n) is 13.2. The third-order valence-corrected chi connectivity index (χ3v) is 4.45. The van der Waals surface area contributed by atoms with E-state index in [0.717, 1.165) is 12.1 Å². The summed E-state index contributed by atoms with van der Waals surface area (Å²) in [5, 5.41) is 4.80. The summed E-state index contributed by atoms with van der Waals surface area (Å²) in [6.45, 7) is 1.59. The first kappa shape index (κ1) is 15.4. The average molecular weight is 340 g/mol. The van der Waals surface area contributed by atoms with Crippen molar-refractivity contribution < 1.29 is 4.52 Å². The number of nitrogens with zero attached hydrogens (tertiary/aromatic N) is 3. The molecule has 0 saturated heterocycles. The fraction of sp³-hybridized carbons (Fsp3) is 0.263. The Labute approximate surface area is 146 Å². The SMILES string of the molecule is Clc1ccc(-c2noc(CN(Cc3ccccc3)C3CC3)n2)cc1. The number of hydrogen-bond acceptors (Lipinski definition) is 4. The zero-order chi connectivity index (χ0) is 16.4. The molecule has 0 amide bonds. The van der Waals surface area contributed by atoms with Gasteiger partial charge in [-0.05, 0) is 42.7 Å². The first-order valence-corrected chi connectivity index (χ1v) is 8.52. The molecule has 0 aliphatic heterocycles. The minimum absolute atomic E-state index is 0.608. The minimum atomic E-state index is 0.608. The molecule has 4 nitrogen and oxygen atoms in total. The first-order chi connectivity index (χ1) is 11.8. The third kappa shape index (κ3) is 3.66. The molecule has 5 heteroatoms. The normalized spacial score (nSPS) is 14.2. The highest BCUT2D eigenvalue weighted by atomic mass is 35.5. The average Bonchev–Trinajstić information content (AvgIpc) is 3.36. The van der Waals surface area contributed by atoms with E-state index in [1.807, 2.05) is 30.3 Å². The monoisotopic (exact) mass is 339 g/mol. The van der Waals surface area contributed by atoms with Gasteiger partial charge in [-0.3, -0.25) is 4.90 Å². The van der Waals surface area contributed by atoms with Crippen LogP contribution in [0.15, 0.2) is 59.1 Å². The van der Waals surface area contributed by atoms with Crippen LogP contribution in [0.1, 0.15) is 24.3 Å². The van der Waals surface area contributed by atoms with Gasteiger partial charge in [-0.1, -0.05) is 47.1 Å². The molecule has 4 rings (SSSR count). The van der Waals surface area contributed by atoms with Crippen LogP contribution in [-0.4, -0.2) is 21.1 Å². The molecule has 3 aromatic rings. The molecule has 0 radical (unpaired) electrons. The Balaban J connectivity index is 1.48. The fourth-order valence-corrected chi connectivity index (χ4v) is 2.91. The third-order valence-electron chi connectivity index (χ3n) is 4.20. The highest BCUT2D eigenvalue weighted by Gasteiger charge is 2.30. The maximum atomic E-state index is 5.92. The van der Waals surface area contributed by atoms with Gasteiger partial charge in [0.05, 0.1) is 6.54 Å². The summed E-state index contributed by atoms with van der Waals surface area (Å²) in [6, 6.07) is 18.6. The highest BCUT2D eigenvalue weighted by molar-refractivity contribution is 6.30. The van der Waals surface area contributed by atoms with Crippen LogP contribution in [0.5, 0.6) is 0 Å². The second-order valence-electron chi connectivity index (χ2n) is 6.14. The number of rotatable bonds is 6. The lowest BCUT2D eigenvalue weighted by Crippen LogP contribution is -2.25. The second kappa shape index (κ2) is 6.75. The predicted molar refractivity (Wildman–Crippen MR) is 93.5 cm³/mol. The molecule has 0 N–H and O–H groups in total. The van der Waals surface area contributed by atoms with Gasteiger partial charge in [0.2, 0.25) is 11.7 Å². The Kier molecular flexibility index (Phi) is 4.32. The largest absolute Gasteiger partial charge is 0.338 e. The molecule has 1 heterocycles. The topological polar surface area (TPSA) is 42.2 Å². The Hall–Kier alpha value is -2.17. The van der Waals surface area contributed by atoms with E-state index in [2.05, 4.69) is 39.3 Å². The van der Waals surface area contributed by atoms with Gasteiger partial charge in [0.25, 0.3) is 0 Å². The van der Waals surface area contributed by atoms with Crippen molar-refractivity contribution in [1.29, 1.82) is 0 Å². The number of halogens is 1. The van der Waals surface area contributed by atoms with Crippen molar-refractivity contribution in [2.75, 3.05) is 0 Å². The molecule has 1 fully saturated rings. The molecule has 2 aromatic carbocycles. The molecule has 1 saturated carbocycles.